The zero-order valence-electron chi connectivity index (χ0n) is 41.2. The number of benzene rings is 2. The number of rotatable bonds is 28. The molecule has 2 aromatic rings. The minimum atomic E-state index is -1.34. The normalized spacial score (nSPS) is 22.9. The first-order valence-corrected chi connectivity index (χ1v) is 25.4. The number of carbonyl (C=O) groups is 1. The van der Waals surface area contributed by atoms with Crippen LogP contribution in [-0.4, -0.2) is 77.3 Å². The predicted molar refractivity (Wildman–Crippen MR) is 262 cm³/mol. The van der Waals surface area contributed by atoms with Gasteiger partial charge >= 0.3 is 6.09 Å². The standard InChI is InChI=1S/C55H84N2O8/c1-9-12-13-14-15-16-17-18-19-24-35-61-53(60)57(31-10-2)50-39-48(56-65-54(6,7)8)46-37-42(25-20-22-32-58)45(26-21-23-33-59)51-47-38-44(63-43-28-27-40(4)41(5)36-43)29-30-49(47)64-55(50,52(46)51)62-34-11-3/h11,27-30,36-38,42,45,50-52,58-59H,3,9-10,12-26,31-35,39H2,1-2,4-8H3/t42-,45+,50-,51+,52+,55+/m0/s1. The maximum atomic E-state index is 14.6. The van der Waals surface area contributed by atoms with Gasteiger partial charge in [-0.25, -0.2) is 4.79 Å². The molecule has 0 aromatic heterocycles. The first kappa shape index (κ1) is 52.1. The molecule has 0 radical (unpaired) electrons. The van der Waals surface area contributed by atoms with Crippen LogP contribution in [0.15, 0.2) is 65.9 Å². The van der Waals surface area contributed by atoms with Crippen molar-refractivity contribution in [3.63, 3.8) is 0 Å². The molecule has 6 atom stereocenters. The van der Waals surface area contributed by atoms with Crippen LogP contribution < -0.4 is 9.47 Å². The summed E-state index contributed by atoms with van der Waals surface area (Å²) in [5, 5.41) is 24.9. The van der Waals surface area contributed by atoms with Crippen LogP contribution in [0.5, 0.6) is 17.2 Å². The minimum Gasteiger partial charge on any atom is -0.459 e. The maximum absolute atomic E-state index is 14.6. The Morgan fingerprint density at radius 2 is 1.52 bits per heavy atom. The smallest absolute Gasteiger partial charge is 0.410 e. The van der Waals surface area contributed by atoms with E-state index in [1.165, 1.54) is 50.5 Å². The van der Waals surface area contributed by atoms with Crippen molar-refractivity contribution in [1.82, 2.24) is 4.90 Å². The van der Waals surface area contributed by atoms with Crippen LogP contribution >= 0.6 is 0 Å². The van der Waals surface area contributed by atoms with Crippen LogP contribution in [0.1, 0.15) is 173 Å². The van der Waals surface area contributed by atoms with E-state index in [2.05, 4.69) is 58.5 Å². The second-order valence-corrected chi connectivity index (χ2v) is 19.8. The van der Waals surface area contributed by atoms with Crippen molar-refractivity contribution in [2.45, 2.75) is 187 Å². The molecule has 5 rings (SSSR count). The van der Waals surface area contributed by atoms with E-state index in [-0.39, 0.29) is 43.7 Å². The van der Waals surface area contributed by atoms with E-state index in [9.17, 15) is 15.0 Å². The van der Waals surface area contributed by atoms with Gasteiger partial charge in [0.2, 0.25) is 5.79 Å². The van der Waals surface area contributed by atoms with Crippen LogP contribution in [0.2, 0.25) is 0 Å². The molecule has 2 aliphatic carbocycles. The average Bonchev–Trinajstić information content (AvgIpc) is 3.28. The summed E-state index contributed by atoms with van der Waals surface area (Å²) in [4.78, 5) is 22.8. The number of amides is 1. The summed E-state index contributed by atoms with van der Waals surface area (Å²) in [7, 11) is 0. The largest absolute Gasteiger partial charge is 0.459 e. The summed E-state index contributed by atoms with van der Waals surface area (Å²) in [6, 6.07) is 11.6. The SMILES string of the molecule is C=CCO[C@@]12Oc3ccc(Oc4ccc(C)c(C)c4)cc3[C@H]3[C@H](CCCCO)[C@@H](CCCCO)C=C(C(=NOC(C)(C)C)C[C@@H]1N(CCC)C(=O)OCCCCCCCCCCCC)[C@H]32. The number of aryl methyl sites for hydroxylation is 2. The summed E-state index contributed by atoms with van der Waals surface area (Å²) in [6.07, 6.45) is 21.6. The molecule has 0 unspecified atom stereocenters. The van der Waals surface area contributed by atoms with Gasteiger partial charge in [0.15, 0.2) is 0 Å². The quantitative estimate of drug-likeness (QED) is 0.0492. The van der Waals surface area contributed by atoms with Crippen molar-refractivity contribution >= 4 is 11.8 Å². The third kappa shape index (κ3) is 14.1. The zero-order chi connectivity index (χ0) is 46.8. The average molecular weight is 901 g/mol. The molecular formula is C55H84N2O8. The monoisotopic (exact) mass is 901 g/mol. The van der Waals surface area contributed by atoms with Gasteiger partial charge in [0, 0.05) is 37.7 Å². The van der Waals surface area contributed by atoms with Crippen molar-refractivity contribution in [2.24, 2.45) is 22.9 Å². The Balaban J connectivity index is 1.60. The highest BCUT2D eigenvalue weighted by molar-refractivity contribution is 6.03. The second kappa shape index (κ2) is 25.9. The number of hydrogen-bond donors (Lipinski definition) is 2. The molecule has 1 saturated carbocycles. The fourth-order valence-electron chi connectivity index (χ4n) is 10.3. The number of oxime groups is 1. The van der Waals surface area contributed by atoms with Crippen LogP contribution in [0.25, 0.3) is 0 Å². The third-order valence-electron chi connectivity index (χ3n) is 13.6. The lowest BCUT2D eigenvalue weighted by molar-refractivity contribution is -0.255. The molecule has 10 heteroatoms. The van der Waals surface area contributed by atoms with E-state index in [0.29, 0.717) is 50.3 Å². The van der Waals surface area contributed by atoms with Crippen LogP contribution in [0, 0.1) is 31.6 Å². The number of nitrogens with zero attached hydrogens (tertiary/aromatic N) is 2. The minimum absolute atomic E-state index is 0.103. The van der Waals surface area contributed by atoms with Crippen molar-refractivity contribution in [2.75, 3.05) is 33.0 Å². The molecule has 362 valence electrons. The number of allylic oxidation sites excluding steroid dienone is 1. The molecule has 3 aliphatic rings. The summed E-state index contributed by atoms with van der Waals surface area (Å²) in [6.45, 7) is 19.8. The Kier molecular flexibility index (Phi) is 20.8. The topological polar surface area (TPSA) is 119 Å². The Morgan fingerprint density at radius 1 is 0.862 bits per heavy atom. The Hall–Kier alpha value is -3.86. The summed E-state index contributed by atoms with van der Waals surface area (Å²) in [5.41, 5.74) is 4.59. The predicted octanol–water partition coefficient (Wildman–Crippen LogP) is 13.3. The van der Waals surface area contributed by atoms with Gasteiger partial charge in [-0.1, -0.05) is 108 Å². The van der Waals surface area contributed by atoms with Gasteiger partial charge in [0.05, 0.1) is 24.8 Å². The first-order chi connectivity index (χ1) is 31.4. The van der Waals surface area contributed by atoms with E-state index < -0.39 is 23.3 Å². The summed E-state index contributed by atoms with van der Waals surface area (Å²) >= 11 is 0. The molecule has 10 nitrogen and oxygen atoms in total. The summed E-state index contributed by atoms with van der Waals surface area (Å²) < 4.78 is 27.3. The Labute approximate surface area is 392 Å². The molecule has 0 saturated heterocycles. The molecule has 0 spiro atoms. The van der Waals surface area contributed by atoms with Gasteiger partial charge in [-0.3, -0.25) is 4.90 Å². The van der Waals surface area contributed by atoms with Gasteiger partial charge in [0.1, 0.15) is 28.9 Å². The summed E-state index contributed by atoms with van der Waals surface area (Å²) in [5.74, 6) is 0.482. The molecule has 65 heavy (non-hydrogen) atoms. The van der Waals surface area contributed by atoms with E-state index in [4.69, 9.17) is 28.9 Å². The van der Waals surface area contributed by atoms with Crippen molar-refractivity contribution in [3.05, 3.63) is 77.4 Å². The number of fused-ring (bicyclic) bond motifs is 2. The van der Waals surface area contributed by atoms with E-state index >= 15 is 0 Å². The fraction of sp³-hybridized carbons (Fsp3) is 0.673. The molecular weight excluding hydrogens is 817 g/mol. The fourth-order valence-corrected chi connectivity index (χ4v) is 10.3. The number of ether oxygens (including phenoxy) is 4. The van der Waals surface area contributed by atoms with E-state index in [1.54, 1.807) is 6.08 Å². The lowest BCUT2D eigenvalue weighted by Crippen LogP contribution is -2.70. The van der Waals surface area contributed by atoms with E-state index in [1.807, 2.05) is 43.9 Å². The molecule has 1 aliphatic heterocycles. The number of hydrogen-bond acceptors (Lipinski definition) is 9. The highest BCUT2D eigenvalue weighted by Gasteiger charge is 2.65. The Morgan fingerprint density at radius 3 is 2.17 bits per heavy atom. The lowest BCUT2D eigenvalue weighted by Gasteiger charge is -2.60. The highest BCUT2D eigenvalue weighted by Crippen LogP contribution is 2.62. The zero-order valence-corrected chi connectivity index (χ0v) is 41.2. The second-order valence-electron chi connectivity index (χ2n) is 19.8. The number of unbranched alkanes of at least 4 members (excludes halogenated alkanes) is 11. The lowest BCUT2D eigenvalue weighted by atomic mass is 9.55. The van der Waals surface area contributed by atoms with Gasteiger partial charge in [-0.05, 0) is 132 Å². The third-order valence-corrected chi connectivity index (χ3v) is 13.6. The van der Waals surface area contributed by atoms with Crippen LogP contribution in [0.4, 0.5) is 4.79 Å². The molecule has 2 N–H and O–H groups in total. The van der Waals surface area contributed by atoms with Gasteiger partial charge in [-0.15, -0.1) is 6.58 Å². The maximum Gasteiger partial charge on any atom is 0.410 e. The number of carbonyl (C=O) groups excluding carboxylic acids is 1. The number of aliphatic hydroxyl groups is 2. The van der Waals surface area contributed by atoms with Crippen LogP contribution in [-0.2, 0) is 14.3 Å². The molecule has 0 bridgehead atoms. The van der Waals surface area contributed by atoms with Gasteiger partial charge < -0.3 is 34.0 Å². The van der Waals surface area contributed by atoms with E-state index in [0.717, 1.165) is 73.1 Å². The van der Waals surface area contributed by atoms with Gasteiger partial charge in [-0.2, -0.15) is 0 Å². The first-order valence-electron chi connectivity index (χ1n) is 25.4. The van der Waals surface area contributed by atoms with Crippen molar-refractivity contribution in [1.29, 1.82) is 0 Å². The highest BCUT2D eigenvalue weighted by atomic mass is 16.7. The van der Waals surface area contributed by atoms with Crippen LogP contribution in [0.3, 0.4) is 0 Å². The molecule has 1 heterocycles. The van der Waals surface area contributed by atoms with Gasteiger partial charge in [0.25, 0.3) is 0 Å². The van der Waals surface area contributed by atoms with Crippen molar-refractivity contribution in [3.8, 4) is 17.2 Å². The molecule has 1 amide bonds. The van der Waals surface area contributed by atoms with Crippen molar-refractivity contribution < 1.29 is 38.8 Å². The Bertz CT molecular complexity index is 1850. The molecule has 1 fully saturated rings. The number of aliphatic hydroxyl groups excluding tert-OH is 2. The molecule has 2 aromatic carbocycles.